The highest BCUT2D eigenvalue weighted by molar-refractivity contribution is 7.99. The summed E-state index contributed by atoms with van der Waals surface area (Å²) in [4.78, 5) is 17.6. The number of thiazole rings is 1. The predicted octanol–water partition coefficient (Wildman–Crippen LogP) is 5.47. The molecule has 2 heterocycles. The van der Waals surface area contributed by atoms with Crippen molar-refractivity contribution >= 4 is 34.7 Å². The first-order chi connectivity index (χ1) is 13.8. The van der Waals surface area contributed by atoms with E-state index in [1.165, 1.54) is 16.9 Å². The maximum absolute atomic E-state index is 12.6. The minimum absolute atomic E-state index is 0.117. The third-order valence-electron chi connectivity index (χ3n) is 4.59. The van der Waals surface area contributed by atoms with Crippen LogP contribution in [0.15, 0.2) is 60.8 Å². The maximum Gasteiger partial charge on any atom is 0.267 e. The fraction of sp³-hybridized carbons (Fsp3) is 0.273. The molecule has 4 rings (SSSR count). The number of aromatic nitrogens is 1. The lowest BCUT2D eigenvalue weighted by Gasteiger charge is -2.21. The Morgan fingerprint density at radius 2 is 1.96 bits per heavy atom. The Bertz CT molecular complexity index is 921. The molecule has 0 atom stereocenters. The number of thioether (sulfide) groups is 1. The summed E-state index contributed by atoms with van der Waals surface area (Å²) in [6, 6.07) is 18.0. The van der Waals surface area contributed by atoms with Crippen molar-refractivity contribution in [3.8, 4) is 10.6 Å². The third kappa shape index (κ3) is 5.01. The van der Waals surface area contributed by atoms with Crippen LogP contribution in [0.4, 0.5) is 5.69 Å². The first-order valence-electron chi connectivity index (χ1n) is 9.39. The van der Waals surface area contributed by atoms with E-state index in [2.05, 4.69) is 22.4 Å². The fourth-order valence-corrected chi connectivity index (χ4v) is 5.03. The van der Waals surface area contributed by atoms with Gasteiger partial charge >= 0.3 is 0 Å². The van der Waals surface area contributed by atoms with Crippen LogP contribution < -0.4 is 5.32 Å². The minimum Gasteiger partial charge on any atom is -0.381 e. The second-order valence-electron chi connectivity index (χ2n) is 6.67. The highest BCUT2D eigenvalue weighted by Gasteiger charge is 2.15. The molecule has 6 heteroatoms. The summed E-state index contributed by atoms with van der Waals surface area (Å²) in [5.74, 6) is 0.835. The lowest BCUT2D eigenvalue weighted by molar-refractivity contribution is 0.1000. The highest BCUT2D eigenvalue weighted by atomic mass is 32.2. The molecule has 1 saturated heterocycles. The number of amides is 1. The molecule has 0 unspecified atom stereocenters. The van der Waals surface area contributed by atoms with Gasteiger partial charge in [0.1, 0.15) is 9.88 Å². The van der Waals surface area contributed by atoms with Gasteiger partial charge in [-0.05, 0) is 30.5 Å². The molecule has 0 saturated carbocycles. The van der Waals surface area contributed by atoms with Crippen molar-refractivity contribution in [2.45, 2.75) is 23.8 Å². The quantitative estimate of drug-likeness (QED) is 0.585. The SMILES string of the molecule is O=C(Nc1cccc(CSC2CCOCC2)c1)c1cnc(-c2ccccc2)s1. The number of ether oxygens (including phenoxy) is 1. The van der Waals surface area contributed by atoms with Gasteiger partial charge in [0.05, 0.1) is 6.20 Å². The van der Waals surface area contributed by atoms with E-state index in [0.717, 1.165) is 48.1 Å². The van der Waals surface area contributed by atoms with Crippen LogP contribution in [-0.2, 0) is 10.5 Å². The molecular formula is C22H22N2O2S2. The van der Waals surface area contributed by atoms with Crippen molar-refractivity contribution in [3.63, 3.8) is 0 Å². The summed E-state index contributed by atoms with van der Waals surface area (Å²) in [7, 11) is 0. The van der Waals surface area contributed by atoms with Crippen LogP contribution in [-0.4, -0.2) is 29.4 Å². The Kier molecular flexibility index (Phi) is 6.41. The first-order valence-corrected chi connectivity index (χ1v) is 11.3. The van der Waals surface area contributed by atoms with Crippen molar-refractivity contribution in [3.05, 3.63) is 71.2 Å². The normalized spacial score (nSPS) is 14.7. The summed E-state index contributed by atoms with van der Waals surface area (Å²) < 4.78 is 5.42. The summed E-state index contributed by atoms with van der Waals surface area (Å²) in [5.41, 5.74) is 3.08. The van der Waals surface area contributed by atoms with E-state index in [-0.39, 0.29) is 5.91 Å². The van der Waals surface area contributed by atoms with Crippen LogP contribution in [0.5, 0.6) is 0 Å². The summed E-state index contributed by atoms with van der Waals surface area (Å²) in [5, 5.41) is 4.52. The first kappa shape index (κ1) is 19.2. The minimum atomic E-state index is -0.117. The molecule has 4 nitrogen and oxygen atoms in total. The molecule has 0 aliphatic carbocycles. The molecule has 1 aromatic heterocycles. The van der Waals surface area contributed by atoms with Crippen molar-refractivity contribution in [1.82, 2.24) is 4.98 Å². The van der Waals surface area contributed by atoms with Crippen molar-refractivity contribution in [1.29, 1.82) is 0 Å². The standard InChI is InChI=1S/C22H22N2O2S2/c25-21(20-14-23-22(28-20)17-6-2-1-3-7-17)24-18-8-4-5-16(13-18)15-27-19-9-11-26-12-10-19/h1-8,13-14,19H,9-12,15H2,(H,24,25). The second-order valence-corrected chi connectivity index (χ2v) is 8.99. The summed E-state index contributed by atoms with van der Waals surface area (Å²) in [6.07, 6.45) is 3.89. The van der Waals surface area contributed by atoms with Gasteiger partial charge in [0.25, 0.3) is 5.91 Å². The fourth-order valence-electron chi connectivity index (χ4n) is 3.08. The van der Waals surface area contributed by atoms with Gasteiger partial charge < -0.3 is 10.1 Å². The largest absolute Gasteiger partial charge is 0.381 e. The molecule has 0 radical (unpaired) electrons. The van der Waals surface area contributed by atoms with Crippen LogP contribution in [0.25, 0.3) is 10.6 Å². The molecule has 3 aromatic rings. The number of benzene rings is 2. The molecule has 1 amide bonds. The van der Waals surface area contributed by atoms with Crippen molar-refractivity contribution in [2.75, 3.05) is 18.5 Å². The van der Waals surface area contributed by atoms with Crippen LogP contribution in [0.1, 0.15) is 28.1 Å². The zero-order valence-corrected chi connectivity index (χ0v) is 17.1. The van der Waals surface area contributed by atoms with E-state index in [1.54, 1.807) is 6.20 Å². The van der Waals surface area contributed by atoms with Crippen LogP contribution in [0.3, 0.4) is 0 Å². The number of rotatable bonds is 6. The lowest BCUT2D eigenvalue weighted by Crippen LogP contribution is -2.17. The van der Waals surface area contributed by atoms with Crippen LogP contribution in [0, 0.1) is 0 Å². The molecule has 1 aliphatic heterocycles. The number of carbonyl (C=O) groups excluding carboxylic acids is 1. The van der Waals surface area contributed by atoms with E-state index in [9.17, 15) is 4.79 Å². The monoisotopic (exact) mass is 410 g/mol. The molecule has 0 bridgehead atoms. The Morgan fingerprint density at radius 1 is 1.14 bits per heavy atom. The smallest absolute Gasteiger partial charge is 0.267 e. The summed E-state index contributed by atoms with van der Waals surface area (Å²) in [6.45, 7) is 1.74. The van der Waals surface area contributed by atoms with Gasteiger partial charge in [0, 0.05) is 35.5 Å². The number of carbonyl (C=O) groups is 1. The Balaban J connectivity index is 1.37. The Hall–Kier alpha value is -2.15. The zero-order chi connectivity index (χ0) is 19.2. The Labute approximate surface area is 173 Å². The topological polar surface area (TPSA) is 51.2 Å². The van der Waals surface area contributed by atoms with Gasteiger partial charge in [-0.25, -0.2) is 4.98 Å². The molecule has 1 N–H and O–H groups in total. The van der Waals surface area contributed by atoms with E-state index < -0.39 is 0 Å². The van der Waals surface area contributed by atoms with Gasteiger partial charge in [0.2, 0.25) is 0 Å². The second kappa shape index (κ2) is 9.37. The third-order valence-corrected chi connectivity index (χ3v) is 7.08. The average Bonchev–Trinajstić information content (AvgIpc) is 3.25. The van der Waals surface area contributed by atoms with Crippen molar-refractivity contribution in [2.24, 2.45) is 0 Å². The van der Waals surface area contributed by atoms with E-state index in [1.807, 2.05) is 54.2 Å². The maximum atomic E-state index is 12.6. The summed E-state index contributed by atoms with van der Waals surface area (Å²) >= 11 is 3.38. The molecule has 144 valence electrons. The van der Waals surface area contributed by atoms with Gasteiger partial charge in [-0.2, -0.15) is 11.8 Å². The van der Waals surface area contributed by atoms with E-state index in [4.69, 9.17) is 4.74 Å². The molecule has 0 spiro atoms. The van der Waals surface area contributed by atoms with Crippen LogP contribution >= 0.6 is 23.1 Å². The number of hydrogen-bond donors (Lipinski definition) is 1. The van der Waals surface area contributed by atoms with Gasteiger partial charge in [0.15, 0.2) is 0 Å². The van der Waals surface area contributed by atoms with Crippen LogP contribution in [0.2, 0.25) is 0 Å². The number of nitrogens with one attached hydrogen (secondary N) is 1. The van der Waals surface area contributed by atoms with E-state index >= 15 is 0 Å². The zero-order valence-electron chi connectivity index (χ0n) is 15.5. The number of nitrogens with zero attached hydrogens (tertiary/aromatic N) is 1. The lowest BCUT2D eigenvalue weighted by atomic mass is 10.2. The van der Waals surface area contributed by atoms with Crippen molar-refractivity contribution < 1.29 is 9.53 Å². The number of hydrogen-bond acceptors (Lipinski definition) is 5. The molecule has 1 fully saturated rings. The molecule has 1 aliphatic rings. The van der Waals surface area contributed by atoms with Gasteiger partial charge in [-0.3, -0.25) is 4.79 Å². The van der Waals surface area contributed by atoms with Gasteiger partial charge in [-0.15, -0.1) is 11.3 Å². The molecular weight excluding hydrogens is 388 g/mol. The Morgan fingerprint density at radius 3 is 2.79 bits per heavy atom. The van der Waals surface area contributed by atoms with E-state index in [0.29, 0.717) is 10.1 Å². The van der Waals surface area contributed by atoms with Gasteiger partial charge in [-0.1, -0.05) is 42.5 Å². The average molecular weight is 411 g/mol. The molecule has 28 heavy (non-hydrogen) atoms. The predicted molar refractivity (Wildman–Crippen MR) is 117 cm³/mol. The number of anilines is 1. The molecule has 2 aromatic carbocycles. The highest BCUT2D eigenvalue weighted by Crippen LogP contribution is 2.28.